The first-order chi connectivity index (χ1) is 11.4. The topological polar surface area (TPSA) is 103 Å². The first-order valence-electron chi connectivity index (χ1n) is 7.50. The number of rotatable bonds is 6. The highest BCUT2D eigenvalue weighted by Gasteiger charge is 2.26. The Bertz CT molecular complexity index is 881. The number of fused-ring (bicyclic) bond motifs is 1. The second-order valence-corrected chi connectivity index (χ2v) is 5.03. The molecule has 2 aromatic rings. The second-order valence-electron chi connectivity index (χ2n) is 5.03. The zero-order chi connectivity index (χ0) is 17.9. The van der Waals surface area contributed by atoms with Gasteiger partial charge in [0.05, 0.1) is 18.5 Å². The van der Waals surface area contributed by atoms with E-state index in [0.29, 0.717) is 10.9 Å². The maximum Gasteiger partial charge on any atom is 0.375 e. The normalized spacial score (nSPS) is 10.6. The fourth-order valence-corrected chi connectivity index (χ4v) is 2.47. The second kappa shape index (κ2) is 7.08. The van der Waals surface area contributed by atoms with Gasteiger partial charge in [0.1, 0.15) is 11.3 Å². The first kappa shape index (κ1) is 17.4. The summed E-state index contributed by atoms with van der Waals surface area (Å²) in [6.45, 7) is 3.54. The Morgan fingerprint density at radius 1 is 1.17 bits per heavy atom. The highest BCUT2D eigenvalue weighted by Crippen LogP contribution is 2.27. The third-order valence-electron chi connectivity index (χ3n) is 3.57. The van der Waals surface area contributed by atoms with Crippen molar-refractivity contribution in [2.45, 2.75) is 26.8 Å². The van der Waals surface area contributed by atoms with Crippen molar-refractivity contribution in [3.63, 3.8) is 0 Å². The Labute approximate surface area is 137 Å². The van der Waals surface area contributed by atoms with E-state index in [9.17, 15) is 24.3 Å². The van der Waals surface area contributed by atoms with Gasteiger partial charge in [0.25, 0.3) is 5.56 Å². The summed E-state index contributed by atoms with van der Waals surface area (Å²) in [5, 5.41) is 10.6. The molecule has 1 aromatic heterocycles. The van der Waals surface area contributed by atoms with Crippen LogP contribution in [-0.2, 0) is 20.9 Å². The van der Waals surface area contributed by atoms with E-state index in [0.717, 1.165) is 0 Å². The van der Waals surface area contributed by atoms with E-state index < -0.39 is 40.8 Å². The molecule has 1 N–H and O–H groups in total. The van der Waals surface area contributed by atoms with E-state index >= 15 is 0 Å². The molecule has 2 rings (SSSR count). The molecule has 0 fully saturated rings. The van der Waals surface area contributed by atoms with Gasteiger partial charge in [-0.25, -0.2) is 4.79 Å². The third kappa shape index (κ3) is 3.05. The van der Waals surface area contributed by atoms with Crippen LogP contribution >= 0.6 is 0 Å². The van der Waals surface area contributed by atoms with Crippen LogP contribution in [-0.4, -0.2) is 33.8 Å². The predicted octanol–water partition coefficient (Wildman–Crippen LogP) is 1.43. The Hall–Kier alpha value is -2.96. The summed E-state index contributed by atoms with van der Waals surface area (Å²) in [6, 6.07) is 6.59. The van der Waals surface area contributed by atoms with Gasteiger partial charge in [-0.2, -0.15) is 0 Å². The summed E-state index contributed by atoms with van der Waals surface area (Å²) in [5.41, 5.74) is -0.709. The van der Waals surface area contributed by atoms with Gasteiger partial charge in [0, 0.05) is 11.9 Å². The van der Waals surface area contributed by atoms with Gasteiger partial charge >= 0.3 is 5.97 Å². The molecular formula is C17H17NO6. The predicted molar refractivity (Wildman–Crippen MR) is 86.1 cm³/mol. The maximum absolute atomic E-state index is 12.5. The summed E-state index contributed by atoms with van der Waals surface area (Å²) in [5.74, 6) is -3.59. The highest BCUT2D eigenvalue weighted by atomic mass is 16.5. The van der Waals surface area contributed by atoms with E-state index in [1.165, 1.54) is 11.5 Å². The van der Waals surface area contributed by atoms with Gasteiger partial charge in [0.15, 0.2) is 5.78 Å². The van der Waals surface area contributed by atoms with Crippen LogP contribution in [0, 0.1) is 0 Å². The highest BCUT2D eigenvalue weighted by molar-refractivity contribution is 6.38. The van der Waals surface area contributed by atoms with Crippen LogP contribution in [0.5, 0.6) is 5.75 Å². The number of esters is 1. The molecule has 0 aliphatic rings. The minimum atomic E-state index is -1.14. The molecule has 0 aliphatic heterocycles. The van der Waals surface area contributed by atoms with Crippen LogP contribution in [0.25, 0.3) is 10.9 Å². The van der Waals surface area contributed by atoms with Crippen molar-refractivity contribution < 1.29 is 24.2 Å². The average Bonchev–Trinajstić information content (AvgIpc) is 2.55. The lowest BCUT2D eigenvalue weighted by molar-refractivity contribution is -0.153. The molecule has 126 valence electrons. The number of ketones is 2. The molecule has 1 heterocycles. The van der Waals surface area contributed by atoms with Crippen molar-refractivity contribution >= 4 is 28.4 Å². The number of benzene rings is 1. The Kier molecular flexibility index (Phi) is 5.13. The molecule has 0 bridgehead atoms. The van der Waals surface area contributed by atoms with E-state index in [1.807, 2.05) is 0 Å². The summed E-state index contributed by atoms with van der Waals surface area (Å²) >= 11 is 0. The van der Waals surface area contributed by atoms with Crippen molar-refractivity contribution in [1.29, 1.82) is 0 Å². The number of ether oxygens (including phenoxy) is 1. The number of aromatic nitrogens is 1. The lowest BCUT2D eigenvalue weighted by Gasteiger charge is -2.12. The molecule has 7 nitrogen and oxygen atoms in total. The monoisotopic (exact) mass is 331 g/mol. The molecule has 0 amide bonds. The summed E-state index contributed by atoms with van der Waals surface area (Å²) < 4.78 is 5.86. The van der Waals surface area contributed by atoms with Gasteiger partial charge in [0.2, 0.25) is 5.78 Å². The van der Waals surface area contributed by atoms with Crippen molar-refractivity contribution in [2.24, 2.45) is 0 Å². The van der Waals surface area contributed by atoms with E-state index in [2.05, 4.69) is 4.74 Å². The van der Waals surface area contributed by atoms with Gasteiger partial charge in [-0.1, -0.05) is 12.1 Å². The quantitative estimate of drug-likeness (QED) is 0.372. The van der Waals surface area contributed by atoms with E-state index in [1.54, 1.807) is 31.2 Å². The number of hydrogen-bond donors (Lipinski definition) is 1. The molecule has 0 aliphatic carbocycles. The minimum absolute atomic E-state index is 0.00261. The van der Waals surface area contributed by atoms with Crippen LogP contribution in [0.2, 0.25) is 0 Å². The Morgan fingerprint density at radius 3 is 2.46 bits per heavy atom. The third-order valence-corrected chi connectivity index (χ3v) is 3.57. The fourth-order valence-electron chi connectivity index (χ4n) is 2.47. The number of para-hydroxylation sites is 1. The summed E-state index contributed by atoms with van der Waals surface area (Å²) in [4.78, 5) is 47.8. The van der Waals surface area contributed by atoms with Crippen molar-refractivity contribution in [2.75, 3.05) is 6.61 Å². The largest absolute Gasteiger partial charge is 0.506 e. The summed E-state index contributed by atoms with van der Waals surface area (Å²) in [6.07, 6.45) is -0.830. The van der Waals surface area contributed by atoms with Gasteiger partial charge in [-0.05, 0) is 26.0 Å². The van der Waals surface area contributed by atoms with Gasteiger partial charge in [-0.15, -0.1) is 0 Å². The molecule has 0 saturated carbocycles. The van der Waals surface area contributed by atoms with Crippen LogP contribution < -0.4 is 5.56 Å². The molecule has 1 aromatic carbocycles. The first-order valence-corrected chi connectivity index (χ1v) is 7.50. The van der Waals surface area contributed by atoms with Crippen LogP contribution in [0.1, 0.15) is 30.6 Å². The zero-order valence-corrected chi connectivity index (χ0v) is 13.4. The molecule has 0 unspecified atom stereocenters. The number of Topliss-reactive ketones (excluding diaryl/α,β-unsaturated/α-hetero) is 2. The van der Waals surface area contributed by atoms with Gasteiger partial charge in [-0.3, -0.25) is 14.4 Å². The number of nitrogens with zero attached hydrogens (tertiary/aromatic N) is 1. The smallest absolute Gasteiger partial charge is 0.375 e. The number of aryl methyl sites for hydroxylation is 1. The lowest BCUT2D eigenvalue weighted by atomic mass is 10.0. The van der Waals surface area contributed by atoms with Crippen LogP contribution in [0.4, 0.5) is 0 Å². The molecule has 0 radical (unpaired) electrons. The molecule has 7 heteroatoms. The SMILES string of the molecule is CCOC(=O)C(=O)CC(=O)c1c(O)c2ccccc2n(CC)c1=O. The lowest BCUT2D eigenvalue weighted by Crippen LogP contribution is -2.29. The number of hydrogen-bond acceptors (Lipinski definition) is 6. The maximum atomic E-state index is 12.5. The van der Waals surface area contributed by atoms with E-state index in [4.69, 9.17) is 0 Å². The fraction of sp³-hybridized carbons (Fsp3) is 0.294. The summed E-state index contributed by atoms with van der Waals surface area (Å²) in [7, 11) is 0. The Balaban J connectivity index is 2.52. The Morgan fingerprint density at radius 2 is 1.83 bits per heavy atom. The van der Waals surface area contributed by atoms with Crippen molar-refractivity contribution in [3.05, 3.63) is 40.2 Å². The molecule has 0 saturated heterocycles. The average molecular weight is 331 g/mol. The molecule has 0 spiro atoms. The molecular weight excluding hydrogens is 314 g/mol. The number of pyridine rings is 1. The van der Waals surface area contributed by atoms with Crippen LogP contribution in [0.3, 0.4) is 0 Å². The number of carbonyl (C=O) groups is 3. The number of aromatic hydroxyl groups is 1. The van der Waals surface area contributed by atoms with Crippen molar-refractivity contribution in [1.82, 2.24) is 4.57 Å². The standard InChI is InChI=1S/C17H17NO6/c1-3-18-11-8-6-5-7-10(11)15(21)14(16(18)22)12(19)9-13(20)17(23)24-4-2/h5-8,21H,3-4,9H2,1-2H3. The molecule has 24 heavy (non-hydrogen) atoms. The number of carbonyl (C=O) groups excluding carboxylic acids is 3. The van der Waals surface area contributed by atoms with Crippen molar-refractivity contribution in [3.8, 4) is 5.75 Å². The van der Waals surface area contributed by atoms with E-state index in [-0.39, 0.29) is 13.2 Å². The zero-order valence-electron chi connectivity index (χ0n) is 13.4. The minimum Gasteiger partial charge on any atom is -0.506 e. The van der Waals surface area contributed by atoms with Gasteiger partial charge < -0.3 is 14.4 Å². The van der Waals surface area contributed by atoms with Crippen LogP contribution in [0.15, 0.2) is 29.1 Å². The molecule has 0 atom stereocenters.